The quantitative estimate of drug-likeness (QED) is 0.666. The molecular weight excluding hydrogens is 229 g/mol. The Balaban J connectivity index is 0. The van der Waals surface area contributed by atoms with Crippen LogP contribution >= 0.6 is 17.0 Å². The van der Waals surface area contributed by atoms with Crippen molar-refractivity contribution < 1.29 is 18.3 Å². The van der Waals surface area contributed by atoms with Crippen molar-refractivity contribution in [2.75, 3.05) is 0 Å². The molecule has 0 nitrogen and oxygen atoms in total. The number of hydrogen-bond donors (Lipinski definition) is 0. The van der Waals surface area contributed by atoms with Gasteiger partial charge in [-0.05, 0) is 0 Å². The van der Waals surface area contributed by atoms with Gasteiger partial charge in [0.1, 0.15) is 0 Å². The van der Waals surface area contributed by atoms with E-state index >= 15 is 0 Å². The van der Waals surface area contributed by atoms with Crippen LogP contribution in [0.4, 0.5) is 0 Å². The maximum absolute atomic E-state index is 2.36. The van der Waals surface area contributed by atoms with Crippen LogP contribution < -0.4 is 0 Å². The Labute approximate surface area is 79.2 Å². The van der Waals surface area contributed by atoms with Crippen LogP contribution in [0.15, 0.2) is 0 Å². The molecule has 0 aliphatic rings. The van der Waals surface area contributed by atoms with Crippen LogP contribution in [0.1, 0.15) is 33.1 Å². The third kappa shape index (κ3) is 9.10. The fourth-order valence-electron chi connectivity index (χ4n) is 0.697. The Kier molecular flexibility index (Phi) is 12.9. The number of halogens is 1. The number of rotatable bonds is 4. The van der Waals surface area contributed by atoms with Crippen molar-refractivity contribution in [2.24, 2.45) is 5.92 Å². The van der Waals surface area contributed by atoms with Crippen molar-refractivity contribution in [2.45, 2.75) is 38.1 Å². The van der Waals surface area contributed by atoms with E-state index < -0.39 is 0 Å². The first-order valence-electron chi connectivity index (χ1n) is 3.60. The molecule has 2 heteroatoms. The normalized spacial score (nSPS) is 12.4. The first-order valence-corrected chi connectivity index (χ1v) is 5.70. The van der Waals surface area contributed by atoms with Crippen molar-refractivity contribution in [3.05, 3.63) is 0 Å². The van der Waals surface area contributed by atoms with E-state index in [1.54, 1.807) is 0 Å². The van der Waals surface area contributed by atoms with Crippen LogP contribution in [0.25, 0.3) is 0 Å². The van der Waals surface area contributed by atoms with Crippen LogP contribution in [-0.4, -0.2) is 0 Å². The summed E-state index contributed by atoms with van der Waals surface area (Å²) in [6.07, 6.45) is 4.25. The van der Waals surface area contributed by atoms with Crippen molar-refractivity contribution in [1.82, 2.24) is 0 Å². The summed E-state index contributed by atoms with van der Waals surface area (Å²) in [7, 11) is 0. The SMILES string of the molecule is Br.CCCCC(C)[CH2][Zn]. The molecule has 0 N–H and O–H groups in total. The van der Waals surface area contributed by atoms with Gasteiger partial charge >= 0.3 is 62.3 Å². The second kappa shape index (κ2) is 9.10. The van der Waals surface area contributed by atoms with Gasteiger partial charge in [-0.2, -0.15) is 0 Å². The third-order valence-electron chi connectivity index (χ3n) is 1.54. The summed E-state index contributed by atoms with van der Waals surface area (Å²) in [6, 6.07) is 0. The topological polar surface area (TPSA) is 0 Å². The Hall–Kier alpha value is 1.10. The molecule has 0 saturated heterocycles. The molecule has 0 saturated carbocycles. The van der Waals surface area contributed by atoms with Gasteiger partial charge in [0.05, 0.1) is 0 Å². The number of unbranched alkanes of at least 4 members (excludes halogenated alkanes) is 1. The van der Waals surface area contributed by atoms with E-state index in [2.05, 4.69) is 13.8 Å². The summed E-state index contributed by atoms with van der Waals surface area (Å²) in [6.45, 7) is 4.62. The first-order chi connectivity index (χ1) is 3.81. The molecular formula is C7H16BrZn. The van der Waals surface area contributed by atoms with E-state index in [9.17, 15) is 0 Å². The number of hydrogen-bond acceptors (Lipinski definition) is 0. The van der Waals surface area contributed by atoms with Crippen LogP contribution in [-0.2, 0) is 18.3 Å². The van der Waals surface area contributed by atoms with Crippen LogP contribution in [0.3, 0.4) is 0 Å². The monoisotopic (exact) mass is 243 g/mol. The molecule has 0 aromatic rings. The molecule has 0 aromatic carbocycles. The van der Waals surface area contributed by atoms with Gasteiger partial charge in [0.2, 0.25) is 0 Å². The first kappa shape index (κ1) is 12.8. The van der Waals surface area contributed by atoms with Gasteiger partial charge in [-0.25, -0.2) is 0 Å². The van der Waals surface area contributed by atoms with Gasteiger partial charge in [-0.3, -0.25) is 0 Å². The third-order valence-corrected chi connectivity index (χ3v) is 3.61. The molecule has 0 rings (SSSR count). The molecule has 0 spiro atoms. The minimum absolute atomic E-state index is 0. The molecule has 0 aromatic heterocycles. The minimum atomic E-state index is 0. The summed E-state index contributed by atoms with van der Waals surface area (Å²) < 4.78 is 0. The summed E-state index contributed by atoms with van der Waals surface area (Å²) in [5.74, 6) is 1.01. The van der Waals surface area contributed by atoms with Gasteiger partial charge in [0.15, 0.2) is 0 Å². The second-order valence-electron chi connectivity index (χ2n) is 2.54. The molecule has 1 unspecified atom stereocenters. The average molecular weight is 245 g/mol. The van der Waals surface area contributed by atoms with Crippen molar-refractivity contribution in [1.29, 1.82) is 0 Å². The molecule has 0 heterocycles. The van der Waals surface area contributed by atoms with E-state index in [1.807, 2.05) is 0 Å². The van der Waals surface area contributed by atoms with E-state index in [0.717, 1.165) is 5.92 Å². The molecule has 0 aliphatic heterocycles. The Morgan fingerprint density at radius 3 is 2.33 bits per heavy atom. The molecule has 0 bridgehead atoms. The van der Waals surface area contributed by atoms with Gasteiger partial charge < -0.3 is 0 Å². The van der Waals surface area contributed by atoms with Crippen LogP contribution in [0.2, 0.25) is 5.02 Å². The molecule has 9 heavy (non-hydrogen) atoms. The van der Waals surface area contributed by atoms with Gasteiger partial charge in [0, 0.05) is 0 Å². The Morgan fingerprint density at radius 2 is 2.00 bits per heavy atom. The van der Waals surface area contributed by atoms with E-state index in [1.165, 1.54) is 42.6 Å². The van der Waals surface area contributed by atoms with E-state index in [-0.39, 0.29) is 17.0 Å². The predicted molar refractivity (Wildman–Crippen MR) is 43.8 cm³/mol. The van der Waals surface area contributed by atoms with Crippen LogP contribution in [0, 0.1) is 5.92 Å². The van der Waals surface area contributed by atoms with Crippen molar-refractivity contribution in [3.63, 3.8) is 0 Å². The molecule has 1 atom stereocenters. The zero-order chi connectivity index (χ0) is 6.41. The zero-order valence-electron chi connectivity index (χ0n) is 6.52. The van der Waals surface area contributed by atoms with Crippen molar-refractivity contribution >= 4 is 17.0 Å². The summed E-state index contributed by atoms with van der Waals surface area (Å²) in [5, 5.41) is 1.47. The summed E-state index contributed by atoms with van der Waals surface area (Å²) >= 11 is 1.48. The molecule has 0 fully saturated rings. The fourth-order valence-corrected chi connectivity index (χ4v) is 1.30. The Morgan fingerprint density at radius 1 is 1.44 bits per heavy atom. The van der Waals surface area contributed by atoms with Gasteiger partial charge in [-0.15, -0.1) is 17.0 Å². The van der Waals surface area contributed by atoms with E-state index in [4.69, 9.17) is 0 Å². The molecule has 53 valence electrons. The standard InChI is InChI=1S/C7H15.BrH.Zn/c1-4-5-6-7(2)3;;/h7H,2,4-6H2,1,3H3;1H;. The molecule has 0 amide bonds. The zero-order valence-corrected chi connectivity index (χ0v) is 11.2. The van der Waals surface area contributed by atoms with Crippen LogP contribution in [0.5, 0.6) is 0 Å². The Bertz CT molecular complexity index is 48.2. The predicted octanol–water partition coefficient (Wildman–Crippen LogP) is 3.36. The fraction of sp³-hybridized carbons (Fsp3) is 1.00. The average Bonchev–Trinajstić information content (AvgIpc) is 1.83. The molecule has 0 aliphatic carbocycles. The second-order valence-corrected chi connectivity index (χ2v) is 3.75. The van der Waals surface area contributed by atoms with E-state index in [0.29, 0.717) is 0 Å². The molecule has 0 radical (unpaired) electrons. The summed E-state index contributed by atoms with van der Waals surface area (Å²) in [5.41, 5.74) is 0. The van der Waals surface area contributed by atoms with Gasteiger partial charge in [-0.1, -0.05) is 0 Å². The maximum atomic E-state index is 2.36. The van der Waals surface area contributed by atoms with Gasteiger partial charge in [0.25, 0.3) is 0 Å². The van der Waals surface area contributed by atoms with Crippen molar-refractivity contribution in [3.8, 4) is 0 Å². The summed E-state index contributed by atoms with van der Waals surface area (Å²) in [4.78, 5) is 0.